The Bertz CT molecular complexity index is 180. The van der Waals surface area contributed by atoms with E-state index >= 15 is 0 Å². The van der Waals surface area contributed by atoms with Crippen LogP contribution < -0.4 is 0 Å². The molecule has 0 aromatic rings. The number of hydrogen-bond acceptors (Lipinski definition) is 4. The highest BCUT2D eigenvalue weighted by Crippen LogP contribution is 1.88. The maximum atomic E-state index is 10.3. The first-order valence-electron chi connectivity index (χ1n) is 2.81. The molecule has 0 rings (SSSR count). The molecule has 0 aliphatic carbocycles. The van der Waals surface area contributed by atoms with Crippen molar-refractivity contribution in [1.82, 2.24) is 0 Å². The minimum absolute atomic E-state index is 0.150. The number of carbonyl (C=O) groups excluding carboxylic acids is 2. The fourth-order valence-electron chi connectivity index (χ4n) is 0.300. The zero-order valence-electron chi connectivity index (χ0n) is 5.59. The van der Waals surface area contributed by atoms with Gasteiger partial charge < -0.3 is 4.74 Å². The van der Waals surface area contributed by atoms with E-state index in [4.69, 9.17) is 5.26 Å². The summed E-state index contributed by atoms with van der Waals surface area (Å²) in [5.41, 5.74) is 0. The second kappa shape index (κ2) is 4.50. The lowest BCUT2D eigenvalue weighted by Gasteiger charge is -1.94. The highest BCUT2D eigenvalue weighted by molar-refractivity contribution is 5.86. The van der Waals surface area contributed by atoms with Crippen LogP contribution in [-0.4, -0.2) is 11.9 Å². The molecule has 0 spiro atoms. The Labute approximate surface area is 58.4 Å². The van der Waals surface area contributed by atoms with Crippen molar-refractivity contribution in [3.63, 3.8) is 0 Å². The standard InChI is InChI=1S/C6H7NO3/c1-2-5(8)10-6(9)3-4-7/h2-3H2,1H3. The molecule has 0 N–H and O–H groups in total. The van der Waals surface area contributed by atoms with E-state index in [-0.39, 0.29) is 12.8 Å². The quantitative estimate of drug-likeness (QED) is 0.411. The van der Waals surface area contributed by atoms with Crippen molar-refractivity contribution in [2.75, 3.05) is 0 Å². The smallest absolute Gasteiger partial charge is 0.327 e. The molecule has 0 atom stereocenters. The van der Waals surface area contributed by atoms with Crippen LogP contribution in [0.15, 0.2) is 0 Å². The van der Waals surface area contributed by atoms with E-state index in [1.165, 1.54) is 0 Å². The zero-order valence-corrected chi connectivity index (χ0v) is 5.59. The Kier molecular flexibility index (Phi) is 3.89. The number of esters is 2. The molecule has 0 radical (unpaired) electrons. The molecule has 0 unspecified atom stereocenters. The Balaban J connectivity index is 3.60. The second-order valence-electron chi connectivity index (χ2n) is 1.53. The van der Waals surface area contributed by atoms with Crippen molar-refractivity contribution in [2.45, 2.75) is 19.8 Å². The van der Waals surface area contributed by atoms with E-state index in [1.807, 2.05) is 0 Å². The van der Waals surface area contributed by atoms with E-state index in [2.05, 4.69) is 4.74 Å². The monoisotopic (exact) mass is 141 g/mol. The van der Waals surface area contributed by atoms with Gasteiger partial charge in [0, 0.05) is 6.42 Å². The third kappa shape index (κ3) is 3.61. The number of ether oxygens (including phenoxy) is 1. The average molecular weight is 141 g/mol. The fraction of sp³-hybridized carbons (Fsp3) is 0.500. The van der Waals surface area contributed by atoms with Gasteiger partial charge in [0.25, 0.3) is 0 Å². The molecule has 54 valence electrons. The number of rotatable bonds is 2. The maximum Gasteiger partial charge on any atom is 0.327 e. The van der Waals surface area contributed by atoms with Gasteiger partial charge in [0.05, 0.1) is 6.07 Å². The third-order valence-corrected chi connectivity index (χ3v) is 0.740. The minimum atomic E-state index is -0.783. The lowest BCUT2D eigenvalue weighted by atomic mass is 10.4. The van der Waals surface area contributed by atoms with E-state index in [9.17, 15) is 9.59 Å². The molecule has 4 heteroatoms. The summed E-state index contributed by atoms with van der Waals surface area (Å²) in [4.78, 5) is 20.7. The van der Waals surface area contributed by atoms with Gasteiger partial charge in [-0.2, -0.15) is 5.26 Å². The lowest BCUT2D eigenvalue weighted by Crippen LogP contribution is -2.09. The first kappa shape index (κ1) is 8.63. The van der Waals surface area contributed by atoms with Gasteiger partial charge in [0.1, 0.15) is 6.42 Å². The first-order valence-corrected chi connectivity index (χ1v) is 2.81. The molecule has 0 aliphatic rings. The summed E-state index contributed by atoms with van der Waals surface area (Å²) < 4.78 is 4.14. The van der Waals surface area contributed by atoms with E-state index in [1.54, 1.807) is 13.0 Å². The largest absolute Gasteiger partial charge is 0.392 e. The second-order valence-corrected chi connectivity index (χ2v) is 1.53. The third-order valence-electron chi connectivity index (χ3n) is 0.740. The Morgan fingerprint density at radius 1 is 1.50 bits per heavy atom. The highest BCUT2D eigenvalue weighted by Gasteiger charge is 2.05. The molecule has 0 saturated heterocycles. The summed E-state index contributed by atoms with van der Waals surface area (Å²) in [6, 6.07) is 1.57. The first-order chi connectivity index (χ1) is 4.70. The maximum absolute atomic E-state index is 10.3. The van der Waals surface area contributed by atoms with Crippen molar-refractivity contribution in [3.05, 3.63) is 0 Å². The van der Waals surface area contributed by atoms with Crippen LogP contribution in [0.2, 0.25) is 0 Å². The Morgan fingerprint density at radius 3 is 2.50 bits per heavy atom. The van der Waals surface area contributed by atoms with Gasteiger partial charge in [0.2, 0.25) is 0 Å². The zero-order chi connectivity index (χ0) is 7.98. The van der Waals surface area contributed by atoms with Crippen LogP contribution in [0.4, 0.5) is 0 Å². The Morgan fingerprint density at radius 2 is 2.10 bits per heavy atom. The van der Waals surface area contributed by atoms with Gasteiger partial charge in [-0.25, -0.2) is 0 Å². The number of hydrogen-bond donors (Lipinski definition) is 0. The number of carbonyl (C=O) groups is 2. The van der Waals surface area contributed by atoms with Gasteiger partial charge in [-0.1, -0.05) is 6.92 Å². The summed E-state index contributed by atoms with van der Waals surface area (Å²) in [7, 11) is 0. The lowest BCUT2D eigenvalue weighted by molar-refractivity contribution is -0.158. The van der Waals surface area contributed by atoms with Crippen LogP contribution in [0, 0.1) is 11.3 Å². The SMILES string of the molecule is CCC(=O)OC(=O)CC#N. The molecule has 0 fully saturated rings. The average Bonchev–Trinajstić information content (AvgIpc) is 1.88. The molecule has 0 aromatic carbocycles. The molecule has 0 bridgehead atoms. The van der Waals surface area contributed by atoms with Crippen LogP contribution in [0.3, 0.4) is 0 Å². The topological polar surface area (TPSA) is 67.2 Å². The van der Waals surface area contributed by atoms with E-state index in [0.717, 1.165) is 0 Å². The minimum Gasteiger partial charge on any atom is -0.392 e. The summed E-state index contributed by atoms with van der Waals surface area (Å²) in [6.07, 6.45) is -0.219. The van der Waals surface area contributed by atoms with E-state index in [0.29, 0.717) is 0 Å². The molecule has 4 nitrogen and oxygen atoms in total. The molecule has 10 heavy (non-hydrogen) atoms. The van der Waals surface area contributed by atoms with Crippen LogP contribution in [-0.2, 0) is 14.3 Å². The Hall–Kier alpha value is -1.37. The van der Waals surface area contributed by atoms with Crippen LogP contribution >= 0.6 is 0 Å². The summed E-state index contributed by atoms with van der Waals surface area (Å²) in [5, 5.41) is 7.96. The molecule has 0 heterocycles. The molecule has 0 saturated carbocycles. The normalized spacial score (nSPS) is 8.00. The molecular formula is C6H7NO3. The van der Waals surface area contributed by atoms with Gasteiger partial charge in [0.15, 0.2) is 0 Å². The van der Waals surface area contributed by atoms with Gasteiger partial charge in [-0.15, -0.1) is 0 Å². The molecule has 0 amide bonds. The van der Waals surface area contributed by atoms with Crippen LogP contribution in [0.25, 0.3) is 0 Å². The predicted molar refractivity (Wildman–Crippen MR) is 31.6 cm³/mol. The van der Waals surface area contributed by atoms with Gasteiger partial charge in [-0.05, 0) is 0 Å². The van der Waals surface area contributed by atoms with E-state index < -0.39 is 11.9 Å². The number of nitrogens with zero attached hydrogens (tertiary/aromatic N) is 1. The van der Waals surface area contributed by atoms with Crippen molar-refractivity contribution in [1.29, 1.82) is 5.26 Å². The molecule has 0 aromatic heterocycles. The van der Waals surface area contributed by atoms with Crippen LogP contribution in [0.1, 0.15) is 19.8 Å². The van der Waals surface area contributed by atoms with Gasteiger partial charge in [-0.3, -0.25) is 9.59 Å². The van der Waals surface area contributed by atoms with Crippen molar-refractivity contribution < 1.29 is 14.3 Å². The van der Waals surface area contributed by atoms with Gasteiger partial charge >= 0.3 is 11.9 Å². The molecule has 0 aliphatic heterocycles. The predicted octanol–water partition coefficient (Wildman–Crippen LogP) is 0.380. The number of nitriles is 1. The van der Waals surface area contributed by atoms with Crippen molar-refractivity contribution >= 4 is 11.9 Å². The summed E-state index contributed by atoms with van der Waals surface area (Å²) in [6.45, 7) is 1.57. The van der Waals surface area contributed by atoms with Crippen molar-refractivity contribution in [3.8, 4) is 6.07 Å². The van der Waals surface area contributed by atoms with Crippen molar-refractivity contribution in [2.24, 2.45) is 0 Å². The fourth-order valence-corrected chi connectivity index (χ4v) is 0.300. The summed E-state index contributed by atoms with van der Waals surface area (Å²) >= 11 is 0. The summed E-state index contributed by atoms with van der Waals surface area (Å²) in [5.74, 6) is -1.38. The van der Waals surface area contributed by atoms with Crippen LogP contribution in [0.5, 0.6) is 0 Å². The molecular weight excluding hydrogens is 134 g/mol. The highest BCUT2D eigenvalue weighted by atomic mass is 16.6.